The number of carbonyl (C=O) groups is 1. The van der Waals surface area contributed by atoms with Crippen LogP contribution in [0.2, 0.25) is 0 Å². The summed E-state index contributed by atoms with van der Waals surface area (Å²) in [4.78, 5) is 12.8. The number of anilines is 1. The van der Waals surface area contributed by atoms with E-state index in [1.165, 1.54) is 27.6 Å². The molecule has 1 aromatic carbocycles. The molecule has 10 heteroatoms. The second kappa shape index (κ2) is 6.82. The van der Waals surface area contributed by atoms with E-state index in [4.69, 9.17) is 14.6 Å². The number of hydrogen-bond acceptors (Lipinski definition) is 5. The Hall–Kier alpha value is -2.43. The minimum Gasteiger partial charge on any atom is -0.474 e. The van der Waals surface area contributed by atoms with E-state index in [0.717, 1.165) is 43.4 Å². The summed E-state index contributed by atoms with van der Waals surface area (Å²) in [5.41, 5.74) is 5.74. The van der Waals surface area contributed by atoms with E-state index < -0.39 is 15.9 Å². The molecule has 5 rings (SSSR count). The quantitative estimate of drug-likeness (QED) is 0.789. The number of aromatic nitrogens is 2. The normalized spacial score (nSPS) is 21.1. The van der Waals surface area contributed by atoms with Crippen molar-refractivity contribution in [1.29, 1.82) is 0 Å². The van der Waals surface area contributed by atoms with Crippen LogP contribution in [-0.4, -0.2) is 39.8 Å². The molecule has 2 aromatic rings. The van der Waals surface area contributed by atoms with Gasteiger partial charge in [-0.1, -0.05) is 6.07 Å². The molecule has 1 aromatic heterocycles. The first kappa shape index (κ1) is 18.6. The highest BCUT2D eigenvalue weighted by Crippen LogP contribution is 2.39. The van der Waals surface area contributed by atoms with Gasteiger partial charge in [-0.2, -0.15) is 5.10 Å². The van der Waals surface area contributed by atoms with E-state index in [0.29, 0.717) is 13.2 Å². The molecular weight excluding hydrogens is 394 g/mol. The first-order valence-electron chi connectivity index (χ1n) is 9.70. The monoisotopic (exact) mass is 417 g/mol. The smallest absolute Gasteiger partial charge is 0.354 e. The standard InChI is InChI=1S/C19H23N5O4S/c1-27-13-9-24-18(28-10-13)16(8-21-24)29(20,26)23-19(25)22-17-14-4-2-3-11(14)7-12-5-6-15(12)17/h7-8,13H,2-6,9-10H2,1H3,(H3,20,22,23,25,26)/t13-,29-/m1/s1. The van der Waals surface area contributed by atoms with Gasteiger partial charge >= 0.3 is 6.03 Å². The zero-order valence-electron chi connectivity index (χ0n) is 16.1. The lowest BCUT2D eigenvalue weighted by molar-refractivity contribution is 0.0165. The molecule has 1 aliphatic heterocycles. The highest BCUT2D eigenvalue weighted by atomic mass is 32.2. The van der Waals surface area contributed by atoms with Gasteiger partial charge in [0.1, 0.15) is 17.6 Å². The van der Waals surface area contributed by atoms with Gasteiger partial charge < -0.3 is 14.8 Å². The van der Waals surface area contributed by atoms with Crippen molar-refractivity contribution in [2.45, 2.75) is 49.6 Å². The molecular formula is C19H23N5O4S. The second-order valence-electron chi connectivity index (χ2n) is 7.64. The molecule has 0 spiro atoms. The molecule has 3 N–H and O–H groups in total. The predicted molar refractivity (Wildman–Crippen MR) is 106 cm³/mol. The van der Waals surface area contributed by atoms with Crippen LogP contribution in [0.4, 0.5) is 10.5 Å². The predicted octanol–water partition coefficient (Wildman–Crippen LogP) is 1.81. The maximum absolute atomic E-state index is 13.1. The number of nitrogens with two attached hydrogens (primary N) is 1. The van der Waals surface area contributed by atoms with Crippen LogP contribution < -0.4 is 15.2 Å². The number of carbonyl (C=O) groups excluding carboxylic acids is 1. The van der Waals surface area contributed by atoms with Crippen LogP contribution in [0.15, 0.2) is 21.5 Å². The Kier molecular flexibility index (Phi) is 4.37. The summed E-state index contributed by atoms with van der Waals surface area (Å²) in [5.74, 6) is 0.270. The number of rotatable bonds is 3. The summed E-state index contributed by atoms with van der Waals surface area (Å²) in [5, 5.41) is 13.0. The van der Waals surface area contributed by atoms with E-state index >= 15 is 0 Å². The zero-order chi connectivity index (χ0) is 20.2. The SMILES string of the molecule is CO[C@H]1COc2c([S@](N)(=O)=NC(=O)Nc3c4c(cc5c3CC5)CCC4)cnn2C1. The summed E-state index contributed by atoms with van der Waals surface area (Å²) in [6, 6.07) is 1.54. The molecule has 0 bridgehead atoms. The number of nitrogens with zero attached hydrogens (tertiary/aromatic N) is 3. The number of fused-ring (bicyclic) bond motifs is 3. The number of nitrogens with one attached hydrogen (secondary N) is 1. The van der Waals surface area contributed by atoms with Crippen molar-refractivity contribution in [3.8, 4) is 5.88 Å². The van der Waals surface area contributed by atoms with Crippen molar-refractivity contribution in [3.05, 3.63) is 34.5 Å². The summed E-state index contributed by atoms with van der Waals surface area (Å²) < 4.78 is 29.3. The second-order valence-corrected chi connectivity index (χ2v) is 9.40. The van der Waals surface area contributed by atoms with Gasteiger partial charge in [0, 0.05) is 12.8 Å². The lowest BCUT2D eigenvalue weighted by Gasteiger charge is -2.25. The third-order valence-corrected chi connectivity index (χ3v) is 7.23. The molecule has 0 fully saturated rings. The number of amides is 2. The van der Waals surface area contributed by atoms with Gasteiger partial charge in [0.05, 0.1) is 12.7 Å². The minimum absolute atomic E-state index is 0.119. The molecule has 0 saturated carbocycles. The van der Waals surface area contributed by atoms with Gasteiger partial charge in [-0.15, -0.1) is 4.36 Å². The van der Waals surface area contributed by atoms with Gasteiger partial charge in [0.25, 0.3) is 0 Å². The zero-order valence-corrected chi connectivity index (χ0v) is 17.0. The molecule has 2 atom stereocenters. The van der Waals surface area contributed by atoms with Crippen molar-refractivity contribution < 1.29 is 18.5 Å². The number of methoxy groups -OCH3 is 1. The molecule has 9 nitrogen and oxygen atoms in total. The van der Waals surface area contributed by atoms with E-state index in [1.54, 1.807) is 7.11 Å². The van der Waals surface area contributed by atoms with Gasteiger partial charge in [-0.05, 0) is 54.4 Å². The summed E-state index contributed by atoms with van der Waals surface area (Å²) in [7, 11) is -1.92. The molecule has 2 amide bonds. The van der Waals surface area contributed by atoms with Crippen molar-refractivity contribution in [1.82, 2.24) is 9.78 Å². The lowest BCUT2D eigenvalue weighted by atomic mass is 9.83. The fraction of sp³-hybridized carbons (Fsp3) is 0.474. The van der Waals surface area contributed by atoms with Crippen LogP contribution in [0.5, 0.6) is 5.88 Å². The highest BCUT2D eigenvalue weighted by molar-refractivity contribution is 7.91. The molecule has 0 radical (unpaired) electrons. The molecule has 0 saturated heterocycles. The number of hydrogen-bond donors (Lipinski definition) is 2. The number of aryl methyl sites for hydroxylation is 2. The lowest BCUT2D eigenvalue weighted by Crippen LogP contribution is -2.32. The Bertz CT molecular complexity index is 1130. The maximum Gasteiger partial charge on any atom is 0.354 e. The highest BCUT2D eigenvalue weighted by Gasteiger charge is 2.29. The van der Waals surface area contributed by atoms with Crippen molar-refractivity contribution in [3.63, 3.8) is 0 Å². The van der Waals surface area contributed by atoms with E-state index in [1.807, 2.05) is 0 Å². The summed E-state index contributed by atoms with van der Waals surface area (Å²) in [6.45, 7) is 0.745. The Morgan fingerprint density at radius 3 is 2.90 bits per heavy atom. The number of ether oxygens (including phenoxy) is 2. The average Bonchev–Trinajstić information content (AvgIpc) is 3.30. The van der Waals surface area contributed by atoms with Crippen LogP contribution in [0.3, 0.4) is 0 Å². The largest absolute Gasteiger partial charge is 0.474 e. The van der Waals surface area contributed by atoms with Gasteiger partial charge in [0.2, 0.25) is 5.88 Å². The fourth-order valence-electron chi connectivity index (χ4n) is 4.29. The minimum atomic E-state index is -3.51. The van der Waals surface area contributed by atoms with E-state index in [9.17, 15) is 9.00 Å². The third-order valence-electron chi connectivity index (χ3n) is 5.89. The van der Waals surface area contributed by atoms with Crippen molar-refractivity contribution >= 4 is 21.6 Å². The van der Waals surface area contributed by atoms with Crippen LogP contribution in [0.25, 0.3) is 0 Å². The molecule has 2 heterocycles. The average molecular weight is 417 g/mol. The number of benzene rings is 1. The molecule has 154 valence electrons. The van der Waals surface area contributed by atoms with Crippen molar-refractivity contribution in [2.75, 3.05) is 19.0 Å². The van der Waals surface area contributed by atoms with Crippen LogP contribution in [0, 0.1) is 0 Å². The van der Waals surface area contributed by atoms with Gasteiger partial charge in [-0.3, -0.25) is 0 Å². The first-order chi connectivity index (χ1) is 14.0. The molecule has 29 heavy (non-hydrogen) atoms. The molecule has 0 unspecified atom stereocenters. The Morgan fingerprint density at radius 2 is 2.14 bits per heavy atom. The van der Waals surface area contributed by atoms with Crippen LogP contribution >= 0.6 is 0 Å². The first-order valence-corrected chi connectivity index (χ1v) is 11.3. The molecule has 3 aliphatic rings. The fourth-order valence-corrected chi connectivity index (χ4v) is 5.29. The Morgan fingerprint density at radius 1 is 1.34 bits per heavy atom. The summed E-state index contributed by atoms with van der Waals surface area (Å²) in [6.07, 6.45) is 6.19. The van der Waals surface area contributed by atoms with Gasteiger partial charge in [-0.25, -0.2) is 18.8 Å². The topological polar surface area (TPSA) is 121 Å². The Labute approximate surface area is 168 Å². The van der Waals surface area contributed by atoms with E-state index in [2.05, 4.69) is 20.8 Å². The van der Waals surface area contributed by atoms with Crippen LogP contribution in [-0.2, 0) is 46.9 Å². The van der Waals surface area contributed by atoms with E-state index in [-0.39, 0.29) is 16.9 Å². The molecule has 2 aliphatic carbocycles. The Balaban J connectivity index is 1.44. The van der Waals surface area contributed by atoms with Crippen LogP contribution in [0.1, 0.15) is 28.7 Å². The van der Waals surface area contributed by atoms with Crippen molar-refractivity contribution in [2.24, 2.45) is 9.50 Å². The third kappa shape index (κ3) is 3.11. The maximum atomic E-state index is 13.1. The number of urea groups is 1. The summed E-state index contributed by atoms with van der Waals surface area (Å²) >= 11 is 0. The van der Waals surface area contributed by atoms with Gasteiger partial charge in [0.15, 0.2) is 9.92 Å².